The zero-order valence-electron chi connectivity index (χ0n) is 18.6. The van der Waals surface area contributed by atoms with Crippen molar-refractivity contribution in [3.63, 3.8) is 0 Å². The molecule has 4 heterocycles. The maximum Gasteiger partial charge on any atom is 0.416 e. The summed E-state index contributed by atoms with van der Waals surface area (Å²) in [7, 11) is 3.30. The highest BCUT2D eigenvalue weighted by atomic mass is 19.4. The number of aliphatic imine (C=N–C) groups is 1. The van der Waals surface area contributed by atoms with E-state index < -0.39 is 17.8 Å². The van der Waals surface area contributed by atoms with E-state index in [9.17, 15) is 13.2 Å². The summed E-state index contributed by atoms with van der Waals surface area (Å²) in [6.07, 6.45) is 0.865. The molecule has 1 aliphatic heterocycles. The van der Waals surface area contributed by atoms with Gasteiger partial charge >= 0.3 is 6.18 Å². The number of hydrogen-bond donors (Lipinski definition) is 1. The fourth-order valence-electron chi connectivity index (χ4n) is 4.02. The molecule has 1 aromatic carbocycles. The molecule has 0 radical (unpaired) electrons. The summed E-state index contributed by atoms with van der Waals surface area (Å²) >= 11 is 0. The molecule has 5 rings (SSSR count). The van der Waals surface area contributed by atoms with E-state index in [1.165, 1.54) is 13.2 Å². The molecule has 0 fully saturated rings. The molecule has 0 saturated heterocycles. The number of pyridine rings is 1. The van der Waals surface area contributed by atoms with E-state index in [-0.39, 0.29) is 6.61 Å². The summed E-state index contributed by atoms with van der Waals surface area (Å²) in [5.41, 5.74) is 5.40. The molecule has 0 aliphatic carbocycles. The van der Waals surface area contributed by atoms with Crippen molar-refractivity contribution < 1.29 is 22.7 Å². The summed E-state index contributed by atoms with van der Waals surface area (Å²) < 4.78 is 49.0. The fourth-order valence-corrected chi connectivity index (χ4v) is 4.02. The summed E-state index contributed by atoms with van der Waals surface area (Å²) in [5.74, 6) is 0.716. The van der Waals surface area contributed by atoms with Gasteiger partial charge in [0, 0.05) is 35.9 Å². The molecule has 11 heteroatoms. The Balaban J connectivity index is 1.54. The predicted octanol–water partition coefficient (Wildman–Crippen LogP) is 4.12. The Morgan fingerprint density at radius 3 is 2.71 bits per heavy atom. The van der Waals surface area contributed by atoms with Crippen LogP contribution in [0.2, 0.25) is 0 Å². The predicted molar refractivity (Wildman–Crippen MR) is 119 cm³/mol. The Morgan fingerprint density at radius 1 is 1.18 bits per heavy atom. The highest BCUT2D eigenvalue weighted by Crippen LogP contribution is 2.36. The van der Waals surface area contributed by atoms with E-state index in [0.29, 0.717) is 39.6 Å². The maximum absolute atomic E-state index is 13.3. The molecule has 3 aromatic heterocycles. The van der Waals surface area contributed by atoms with E-state index in [2.05, 4.69) is 15.4 Å². The van der Waals surface area contributed by atoms with Crippen LogP contribution in [0.15, 0.2) is 54.0 Å². The van der Waals surface area contributed by atoms with Crippen molar-refractivity contribution in [2.24, 2.45) is 12.0 Å². The Labute approximate surface area is 192 Å². The molecule has 1 atom stereocenters. The average Bonchev–Trinajstić information content (AvgIpc) is 3.41. The lowest BCUT2D eigenvalue weighted by molar-refractivity contribution is -0.137. The van der Waals surface area contributed by atoms with Crippen molar-refractivity contribution in [1.82, 2.24) is 24.6 Å². The van der Waals surface area contributed by atoms with Crippen LogP contribution in [-0.4, -0.2) is 38.7 Å². The summed E-state index contributed by atoms with van der Waals surface area (Å²) in [5, 5.41) is 0.479. The van der Waals surface area contributed by atoms with Crippen LogP contribution in [0.3, 0.4) is 0 Å². The SMILES string of the molecule is COc1nc(C2=NC(c3cn(C)c4ccc(C(F)(F)F)cc34)CON2)ccc1-n1cnc(C)c1. The van der Waals surface area contributed by atoms with Crippen LogP contribution in [0.5, 0.6) is 5.88 Å². The quantitative estimate of drug-likeness (QED) is 0.486. The number of nitrogens with zero attached hydrogens (tertiary/aromatic N) is 5. The van der Waals surface area contributed by atoms with Gasteiger partial charge in [-0.15, -0.1) is 0 Å². The zero-order valence-corrected chi connectivity index (χ0v) is 18.6. The number of halogens is 3. The van der Waals surface area contributed by atoms with Crippen molar-refractivity contribution in [1.29, 1.82) is 0 Å². The topological polar surface area (TPSA) is 78.5 Å². The van der Waals surface area contributed by atoms with Crippen LogP contribution in [0.4, 0.5) is 13.2 Å². The van der Waals surface area contributed by atoms with E-state index in [1.54, 1.807) is 34.8 Å². The third kappa shape index (κ3) is 3.87. The molecule has 4 aromatic rings. The van der Waals surface area contributed by atoms with Crippen molar-refractivity contribution in [3.05, 3.63) is 71.6 Å². The van der Waals surface area contributed by atoms with Crippen molar-refractivity contribution in [3.8, 4) is 11.6 Å². The number of nitrogens with one attached hydrogen (secondary N) is 1. The summed E-state index contributed by atoms with van der Waals surface area (Å²) in [6.45, 7) is 2.04. The third-order valence-corrected chi connectivity index (χ3v) is 5.67. The molecule has 0 amide bonds. The van der Waals surface area contributed by atoms with Gasteiger partial charge in [0.2, 0.25) is 5.88 Å². The van der Waals surface area contributed by atoms with Crippen LogP contribution in [0, 0.1) is 6.92 Å². The van der Waals surface area contributed by atoms with Crippen molar-refractivity contribution in [2.45, 2.75) is 19.1 Å². The summed E-state index contributed by atoms with van der Waals surface area (Å²) in [6, 6.07) is 6.77. The lowest BCUT2D eigenvalue weighted by Gasteiger charge is -2.22. The van der Waals surface area contributed by atoms with Crippen LogP contribution in [0.1, 0.15) is 28.6 Å². The fraction of sp³-hybridized carbons (Fsp3) is 0.261. The van der Waals surface area contributed by atoms with Crippen molar-refractivity contribution >= 4 is 16.7 Å². The van der Waals surface area contributed by atoms with Gasteiger partial charge in [-0.05, 0) is 37.3 Å². The molecule has 0 bridgehead atoms. The van der Waals surface area contributed by atoms with Crippen LogP contribution < -0.4 is 10.2 Å². The molecule has 1 N–H and O–H groups in total. The molecule has 0 spiro atoms. The first-order valence-corrected chi connectivity index (χ1v) is 10.4. The molecule has 8 nitrogen and oxygen atoms in total. The maximum atomic E-state index is 13.3. The lowest BCUT2D eigenvalue weighted by atomic mass is 10.0. The molecule has 1 aliphatic rings. The average molecular weight is 470 g/mol. The number of alkyl halides is 3. The van der Waals surface area contributed by atoms with E-state index >= 15 is 0 Å². The van der Waals surface area contributed by atoms with Crippen molar-refractivity contribution in [2.75, 3.05) is 13.7 Å². The molecule has 0 saturated carbocycles. The second kappa shape index (κ2) is 8.17. The second-order valence-corrected chi connectivity index (χ2v) is 7.98. The number of rotatable bonds is 4. The highest BCUT2D eigenvalue weighted by Gasteiger charge is 2.32. The first-order chi connectivity index (χ1) is 16.2. The number of benzene rings is 1. The van der Waals surface area contributed by atoms with Gasteiger partial charge in [-0.1, -0.05) is 0 Å². The van der Waals surface area contributed by atoms with E-state index in [0.717, 1.165) is 17.8 Å². The normalized spacial score (nSPS) is 16.4. The largest absolute Gasteiger partial charge is 0.479 e. The van der Waals surface area contributed by atoms with Gasteiger partial charge in [0.05, 0.1) is 24.7 Å². The number of hydrogen-bond acceptors (Lipinski definition) is 6. The Kier molecular flexibility index (Phi) is 5.28. The van der Waals surface area contributed by atoms with Gasteiger partial charge in [0.1, 0.15) is 24.0 Å². The molecule has 176 valence electrons. The molecule has 34 heavy (non-hydrogen) atoms. The molecule has 1 unspecified atom stereocenters. The van der Waals surface area contributed by atoms with Gasteiger partial charge in [0.25, 0.3) is 0 Å². The Hall–Kier alpha value is -3.86. The van der Waals surface area contributed by atoms with E-state index in [4.69, 9.17) is 14.6 Å². The zero-order chi connectivity index (χ0) is 24.0. The summed E-state index contributed by atoms with van der Waals surface area (Å²) in [4.78, 5) is 19.0. The number of ether oxygens (including phenoxy) is 1. The second-order valence-electron chi connectivity index (χ2n) is 7.98. The number of fused-ring (bicyclic) bond motifs is 1. The Morgan fingerprint density at radius 2 is 2.00 bits per heavy atom. The number of methoxy groups -OCH3 is 1. The smallest absolute Gasteiger partial charge is 0.416 e. The van der Waals surface area contributed by atoms with Gasteiger partial charge in [-0.2, -0.15) is 13.2 Å². The molecular formula is C23H21F3N6O2. The minimum absolute atomic E-state index is 0.155. The van der Waals surface area contributed by atoms with E-state index in [1.807, 2.05) is 19.2 Å². The first-order valence-electron chi connectivity index (χ1n) is 10.4. The highest BCUT2D eigenvalue weighted by molar-refractivity contribution is 5.97. The Bertz CT molecular complexity index is 1410. The standard InChI is InChI=1S/C23H21F3N6O2/c1-13-9-32(12-27-13)20-7-5-17(29-22(20)33-3)21-28-18(11-34-30-21)16-10-31(2)19-6-4-14(8-15(16)19)23(24,25)26/h4-10,12,18H,11H2,1-3H3,(H,28,30). The monoisotopic (exact) mass is 470 g/mol. The van der Waals surface area contributed by atoms with Gasteiger partial charge in [-0.25, -0.2) is 15.4 Å². The van der Waals surface area contributed by atoms with Gasteiger partial charge in [0.15, 0.2) is 5.84 Å². The third-order valence-electron chi connectivity index (χ3n) is 5.67. The van der Waals surface area contributed by atoms with Crippen LogP contribution in [-0.2, 0) is 18.1 Å². The number of amidine groups is 1. The lowest BCUT2D eigenvalue weighted by Crippen LogP contribution is -2.33. The van der Waals surface area contributed by atoms with Crippen LogP contribution >= 0.6 is 0 Å². The first kappa shape index (κ1) is 22.0. The molecular weight excluding hydrogens is 449 g/mol. The number of imidazole rings is 1. The van der Waals surface area contributed by atoms with Crippen LogP contribution in [0.25, 0.3) is 16.6 Å². The number of aryl methyl sites for hydroxylation is 2. The minimum Gasteiger partial charge on any atom is -0.479 e. The number of aromatic nitrogens is 4. The van der Waals surface area contributed by atoms with Gasteiger partial charge in [-0.3, -0.25) is 9.83 Å². The minimum atomic E-state index is -4.43. The van der Waals surface area contributed by atoms with Gasteiger partial charge < -0.3 is 13.9 Å². The number of hydroxylamine groups is 1.